The van der Waals surface area contributed by atoms with E-state index in [2.05, 4.69) is 27.2 Å². The molecule has 0 aliphatic heterocycles. The topological polar surface area (TPSA) is 107 Å². The summed E-state index contributed by atoms with van der Waals surface area (Å²) in [7, 11) is 0. The Bertz CT molecular complexity index is 1300. The van der Waals surface area contributed by atoms with E-state index in [1.165, 1.54) is 16.3 Å². The highest BCUT2D eigenvalue weighted by Crippen LogP contribution is 2.21. The van der Waals surface area contributed by atoms with Crippen LogP contribution in [0.15, 0.2) is 51.4 Å². The summed E-state index contributed by atoms with van der Waals surface area (Å²) in [5, 5.41) is 16.2. The van der Waals surface area contributed by atoms with Crippen LogP contribution in [0.25, 0.3) is 16.7 Å². The molecular weight excluding hydrogens is 404 g/mol. The molecule has 4 rings (SSSR count). The number of allylic oxidation sites excluding steroid dienone is 1. The smallest absolute Gasteiger partial charge is 0.263 e. The largest absolute Gasteiger partial charge is 0.361 e. The van der Waals surface area contributed by atoms with Crippen LogP contribution in [0.2, 0.25) is 0 Å². The van der Waals surface area contributed by atoms with Crippen molar-refractivity contribution in [2.45, 2.75) is 32.1 Å². The number of benzene rings is 1. The number of carbonyl (C=O) groups excluding carboxylic acids is 1. The highest BCUT2D eigenvalue weighted by molar-refractivity contribution is 7.99. The minimum absolute atomic E-state index is 0.152. The van der Waals surface area contributed by atoms with Crippen molar-refractivity contribution in [3.8, 4) is 0 Å². The normalized spacial score (nSPS) is 11.3. The lowest BCUT2D eigenvalue weighted by molar-refractivity contribution is -0.118. The van der Waals surface area contributed by atoms with Crippen molar-refractivity contribution < 1.29 is 9.32 Å². The van der Waals surface area contributed by atoms with Gasteiger partial charge in [0.2, 0.25) is 11.7 Å². The molecule has 0 unspecified atom stereocenters. The minimum Gasteiger partial charge on any atom is -0.361 e. The van der Waals surface area contributed by atoms with Crippen molar-refractivity contribution in [1.82, 2.24) is 29.6 Å². The highest BCUT2D eigenvalue weighted by Gasteiger charge is 2.17. The summed E-state index contributed by atoms with van der Waals surface area (Å²) in [6, 6.07) is 7.27. The molecule has 3 aromatic heterocycles. The standard InChI is InChI=1S/C20H20N6O3S/c1-4-9-25-18(28)14-7-5-6-8-16(14)26-19(25)22-23-20(26)30-11-17(27)21-10-15-12(2)24-29-13(15)3/h4-8H,1,9-11H2,2-3H3,(H,21,27). The predicted molar refractivity (Wildman–Crippen MR) is 113 cm³/mol. The second kappa shape index (κ2) is 8.15. The van der Waals surface area contributed by atoms with Crippen molar-refractivity contribution in [3.63, 3.8) is 0 Å². The number of hydrogen-bond donors (Lipinski definition) is 1. The van der Waals surface area contributed by atoms with Gasteiger partial charge in [-0.3, -0.25) is 18.6 Å². The summed E-state index contributed by atoms with van der Waals surface area (Å²) in [5.74, 6) is 1.10. The van der Waals surface area contributed by atoms with Gasteiger partial charge in [0.25, 0.3) is 5.56 Å². The van der Waals surface area contributed by atoms with Gasteiger partial charge < -0.3 is 9.84 Å². The average Bonchev–Trinajstić information content (AvgIpc) is 3.31. The van der Waals surface area contributed by atoms with E-state index < -0.39 is 0 Å². The monoisotopic (exact) mass is 424 g/mol. The van der Waals surface area contributed by atoms with Crippen molar-refractivity contribution in [2.24, 2.45) is 0 Å². The minimum atomic E-state index is -0.154. The van der Waals surface area contributed by atoms with Gasteiger partial charge in [0.05, 0.1) is 22.3 Å². The van der Waals surface area contributed by atoms with Gasteiger partial charge in [0, 0.05) is 18.7 Å². The SMILES string of the molecule is C=CCn1c(=O)c2ccccc2n2c(SCC(=O)NCc3c(C)noc3C)nnc12. The fourth-order valence-electron chi connectivity index (χ4n) is 3.24. The molecule has 1 amide bonds. The van der Waals surface area contributed by atoms with Gasteiger partial charge in [-0.2, -0.15) is 0 Å². The zero-order valence-electron chi connectivity index (χ0n) is 16.6. The number of aryl methyl sites for hydroxylation is 2. The fourth-order valence-corrected chi connectivity index (χ4v) is 4.01. The average molecular weight is 424 g/mol. The number of nitrogens with one attached hydrogen (secondary N) is 1. The van der Waals surface area contributed by atoms with Crippen LogP contribution < -0.4 is 10.9 Å². The van der Waals surface area contributed by atoms with Crippen molar-refractivity contribution >= 4 is 34.3 Å². The zero-order chi connectivity index (χ0) is 21.3. The molecular formula is C20H20N6O3S. The molecule has 0 bridgehead atoms. The number of para-hydroxylation sites is 1. The maximum Gasteiger partial charge on any atom is 0.263 e. The van der Waals surface area contributed by atoms with Gasteiger partial charge in [-0.05, 0) is 26.0 Å². The zero-order valence-corrected chi connectivity index (χ0v) is 17.4. The molecule has 154 valence electrons. The first-order valence-corrected chi connectivity index (χ1v) is 10.3. The van der Waals surface area contributed by atoms with Gasteiger partial charge in [0.1, 0.15) is 5.76 Å². The number of amides is 1. The number of rotatable bonds is 7. The molecule has 30 heavy (non-hydrogen) atoms. The van der Waals surface area contributed by atoms with Gasteiger partial charge in [0.15, 0.2) is 5.16 Å². The molecule has 0 fully saturated rings. The third-order valence-corrected chi connectivity index (χ3v) is 5.69. The van der Waals surface area contributed by atoms with Crippen molar-refractivity contribution in [1.29, 1.82) is 0 Å². The Labute approximate surface area is 175 Å². The summed E-state index contributed by atoms with van der Waals surface area (Å²) < 4.78 is 8.43. The van der Waals surface area contributed by atoms with Crippen molar-refractivity contribution in [3.05, 3.63) is 64.3 Å². The first-order valence-electron chi connectivity index (χ1n) is 9.30. The summed E-state index contributed by atoms with van der Waals surface area (Å²) in [4.78, 5) is 25.2. The van der Waals surface area contributed by atoms with Gasteiger partial charge in [-0.15, -0.1) is 16.8 Å². The molecule has 0 saturated carbocycles. The van der Waals surface area contributed by atoms with E-state index in [4.69, 9.17) is 4.52 Å². The maximum absolute atomic E-state index is 12.8. The number of fused-ring (bicyclic) bond motifs is 3. The Balaban J connectivity index is 1.60. The molecule has 1 N–H and O–H groups in total. The first-order chi connectivity index (χ1) is 14.5. The van der Waals surface area contributed by atoms with Gasteiger partial charge >= 0.3 is 0 Å². The van der Waals surface area contributed by atoms with Crippen LogP contribution >= 0.6 is 11.8 Å². The molecule has 0 aliphatic rings. The maximum atomic E-state index is 12.8. The van der Waals surface area contributed by atoms with E-state index in [1.807, 2.05) is 32.0 Å². The number of nitrogens with zero attached hydrogens (tertiary/aromatic N) is 5. The van der Waals surface area contributed by atoms with Crippen LogP contribution in [0, 0.1) is 13.8 Å². The van der Waals surface area contributed by atoms with E-state index in [1.54, 1.807) is 16.5 Å². The summed E-state index contributed by atoms with van der Waals surface area (Å²) in [6.45, 7) is 8.03. The summed E-state index contributed by atoms with van der Waals surface area (Å²) in [5.41, 5.74) is 2.18. The lowest BCUT2D eigenvalue weighted by Crippen LogP contribution is -2.25. The summed E-state index contributed by atoms with van der Waals surface area (Å²) in [6.07, 6.45) is 1.64. The van der Waals surface area contributed by atoms with E-state index in [0.29, 0.717) is 40.7 Å². The molecule has 0 saturated heterocycles. The first kappa shape index (κ1) is 19.9. The molecule has 0 spiro atoms. The molecule has 0 atom stereocenters. The number of thioether (sulfide) groups is 1. The van der Waals surface area contributed by atoms with Crippen LogP contribution in [0.4, 0.5) is 0 Å². The van der Waals surface area contributed by atoms with Gasteiger partial charge in [-0.1, -0.05) is 35.1 Å². The Morgan fingerprint density at radius 2 is 2.10 bits per heavy atom. The Hall–Kier alpha value is -3.40. The van der Waals surface area contributed by atoms with Crippen LogP contribution in [-0.4, -0.2) is 36.0 Å². The third-order valence-electron chi connectivity index (χ3n) is 4.77. The lowest BCUT2D eigenvalue weighted by atomic mass is 10.2. The van der Waals surface area contributed by atoms with E-state index in [9.17, 15) is 9.59 Å². The van der Waals surface area contributed by atoms with Crippen LogP contribution in [-0.2, 0) is 17.9 Å². The molecule has 0 aliphatic carbocycles. The van der Waals surface area contributed by atoms with E-state index in [0.717, 1.165) is 11.3 Å². The predicted octanol–water partition coefficient (Wildman–Crippen LogP) is 2.24. The molecule has 0 radical (unpaired) electrons. The fraction of sp³-hybridized carbons (Fsp3) is 0.250. The van der Waals surface area contributed by atoms with Gasteiger partial charge in [-0.25, -0.2) is 0 Å². The quantitative estimate of drug-likeness (QED) is 0.358. The van der Waals surface area contributed by atoms with Crippen LogP contribution in [0.5, 0.6) is 0 Å². The summed E-state index contributed by atoms with van der Waals surface area (Å²) >= 11 is 1.25. The second-order valence-electron chi connectivity index (χ2n) is 6.71. The third kappa shape index (κ3) is 3.50. The second-order valence-corrected chi connectivity index (χ2v) is 7.65. The van der Waals surface area contributed by atoms with Crippen molar-refractivity contribution in [2.75, 3.05) is 5.75 Å². The van der Waals surface area contributed by atoms with E-state index in [-0.39, 0.29) is 17.2 Å². The number of hydrogen-bond acceptors (Lipinski definition) is 7. The molecule has 4 aromatic rings. The van der Waals surface area contributed by atoms with E-state index >= 15 is 0 Å². The molecule has 3 heterocycles. The molecule has 1 aromatic carbocycles. The molecule has 10 heteroatoms. The molecule has 9 nitrogen and oxygen atoms in total. The number of carbonyl (C=O) groups is 1. The Morgan fingerprint density at radius 3 is 2.83 bits per heavy atom. The van der Waals surface area contributed by atoms with Crippen LogP contribution in [0.3, 0.4) is 0 Å². The number of aromatic nitrogens is 5. The Morgan fingerprint density at radius 1 is 1.30 bits per heavy atom. The Kier molecular flexibility index (Phi) is 5.40. The van der Waals surface area contributed by atoms with Crippen LogP contribution in [0.1, 0.15) is 17.0 Å². The highest BCUT2D eigenvalue weighted by atomic mass is 32.2. The lowest BCUT2D eigenvalue weighted by Gasteiger charge is -2.09.